The molecule has 0 radical (unpaired) electrons. The number of aromatic amines is 1. The summed E-state index contributed by atoms with van der Waals surface area (Å²) in [5.41, 5.74) is 1.46. The third kappa shape index (κ3) is 3.80. The molecule has 2 heterocycles. The van der Waals surface area contributed by atoms with Crippen LogP contribution in [-0.2, 0) is 17.8 Å². The highest BCUT2D eigenvalue weighted by atomic mass is 19.3. The molecule has 0 aromatic carbocycles. The minimum Gasteiger partial charge on any atom is -0.461 e. The number of H-pyrrole nitrogens is 1. The zero-order chi connectivity index (χ0) is 15.2. The zero-order valence-electron chi connectivity index (χ0n) is 11.5. The van der Waals surface area contributed by atoms with Gasteiger partial charge < -0.3 is 19.6 Å². The van der Waals surface area contributed by atoms with E-state index in [0.29, 0.717) is 17.1 Å². The highest BCUT2D eigenvalue weighted by Gasteiger charge is 2.14. The number of aromatic nitrogens is 3. The van der Waals surface area contributed by atoms with Crippen LogP contribution in [0.25, 0.3) is 0 Å². The van der Waals surface area contributed by atoms with Gasteiger partial charge in [0, 0.05) is 12.4 Å². The van der Waals surface area contributed by atoms with Gasteiger partial charge in [0.05, 0.1) is 37.4 Å². The van der Waals surface area contributed by atoms with Crippen molar-refractivity contribution < 1.29 is 18.3 Å². The largest absolute Gasteiger partial charge is 0.461 e. The number of hydrogen-bond acceptors (Lipinski definition) is 4. The van der Waals surface area contributed by atoms with Gasteiger partial charge in [-0.2, -0.15) is 0 Å². The molecule has 0 aliphatic rings. The van der Waals surface area contributed by atoms with Gasteiger partial charge in [0.15, 0.2) is 0 Å². The van der Waals surface area contributed by atoms with E-state index in [2.05, 4.69) is 15.3 Å². The van der Waals surface area contributed by atoms with E-state index >= 15 is 0 Å². The van der Waals surface area contributed by atoms with Crippen LogP contribution < -0.4 is 5.32 Å². The number of rotatable bonds is 7. The van der Waals surface area contributed by atoms with Gasteiger partial charge in [0.25, 0.3) is 6.43 Å². The second-order valence-electron chi connectivity index (χ2n) is 4.27. The number of anilines is 1. The van der Waals surface area contributed by atoms with Gasteiger partial charge in [-0.1, -0.05) is 0 Å². The number of halogens is 2. The molecule has 114 valence electrons. The summed E-state index contributed by atoms with van der Waals surface area (Å²) >= 11 is 0. The van der Waals surface area contributed by atoms with E-state index in [-0.39, 0.29) is 13.2 Å². The first-order valence-corrected chi connectivity index (χ1v) is 6.47. The maximum absolute atomic E-state index is 12.4. The van der Waals surface area contributed by atoms with E-state index in [1.807, 2.05) is 0 Å². The molecule has 2 rings (SSSR count). The Balaban J connectivity index is 2.02. The number of carbonyl (C=O) groups excluding carboxylic acids is 1. The van der Waals surface area contributed by atoms with Gasteiger partial charge in [0.2, 0.25) is 0 Å². The average molecular weight is 298 g/mol. The predicted molar refractivity (Wildman–Crippen MR) is 72.3 cm³/mol. The normalized spacial score (nSPS) is 10.9. The van der Waals surface area contributed by atoms with Crippen LogP contribution in [0.4, 0.5) is 14.5 Å². The van der Waals surface area contributed by atoms with Gasteiger partial charge >= 0.3 is 5.97 Å². The third-order valence-corrected chi connectivity index (χ3v) is 2.82. The first-order valence-electron chi connectivity index (χ1n) is 6.47. The summed E-state index contributed by atoms with van der Waals surface area (Å²) in [4.78, 5) is 18.3. The minimum absolute atomic E-state index is 0.275. The van der Waals surface area contributed by atoms with Crippen LogP contribution in [-0.4, -0.2) is 33.5 Å². The Labute approximate surface area is 120 Å². The first-order chi connectivity index (χ1) is 10.1. The molecule has 0 bridgehead atoms. The number of nitrogens with zero attached hydrogens (tertiary/aromatic N) is 2. The van der Waals surface area contributed by atoms with E-state index in [1.54, 1.807) is 19.2 Å². The van der Waals surface area contributed by atoms with Crippen molar-refractivity contribution in [1.29, 1.82) is 0 Å². The van der Waals surface area contributed by atoms with E-state index in [9.17, 15) is 13.6 Å². The van der Waals surface area contributed by atoms with Crippen molar-refractivity contribution in [2.45, 2.75) is 26.4 Å². The fraction of sp³-hybridized carbons (Fsp3) is 0.385. The van der Waals surface area contributed by atoms with Crippen LogP contribution in [0.5, 0.6) is 0 Å². The molecular formula is C13H16F2N4O2. The van der Waals surface area contributed by atoms with Crippen LogP contribution in [0.15, 0.2) is 24.8 Å². The standard InChI is InChI=1S/C13H16F2N4O2/c1-2-21-13(20)12-10(3-4-17-12)18-6-9-5-16-8-19(9)7-11(14)15/h3-5,8,11,17-18H,2,6-7H2,1H3. The van der Waals surface area contributed by atoms with Gasteiger partial charge in [-0.15, -0.1) is 0 Å². The van der Waals surface area contributed by atoms with Crippen LogP contribution >= 0.6 is 0 Å². The van der Waals surface area contributed by atoms with Gasteiger partial charge in [-0.25, -0.2) is 18.6 Å². The zero-order valence-corrected chi connectivity index (χ0v) is 11.5. The predicted octanol–water partition coefficient (Wildman–Crippen LogP) is 2.27. The van der Waals surface area contributed by atoms with E-state index in [4.69, 9.17) is 4.74 Å². The lowest BCUT2D eigenvalue weighted by atomic mass is 10.3. The van der Waals surface area contributed by atoms with Crippen LogP contribution in [0.1, 0.15) is 23.1 Å². The second kappa shape index (κ2) is 6.87. The second-order valence-corrected chi connectivity index (χ2v) is 4.27. The lowest BCUT2D eigenvalue weighted by Gasteiger charge is -2.10. The quantitative estimate of drug-likeness (QED) is 0.769. The molecule has 0 aliphatic carbocycles. The fourth-order valence-electron chi connectivity index (χ4n) is 1.88. The maximum Gasteiger partial charge on any atom is 0.356 e. The summed E-state index contributed by atoms with van der Waals surface area (Å²) in [7, 11) is 0. The number of imidazole rings is 1. The number of nitrogens with one attached hydrogen (secondary N) is 2. The molecule has 6 nitrogen and oxygen atoms in total. The smallest absolute Gasteiger partial charge is 0.356 e. The van der Waals surface area contributed by atoms with Crippen LogP contribution in [0.3, 0.4) is 0 Å². The Morgan fingerprint density at radius 1 is 1.57 bits per heavy atom. The van der Waals surface area contributed by atoms with Gasteiger partial charge in [-0.05, 0) is 13.0 Å². The molecule has 0 amide bonds. The van der Waals surface area contributed by atoms with Crippen molar-refractivity contribution in [3.8, 4) is 0 Å². The highest BCUT2D eigenvalue weighted by molar-refractivity contribution is 5.93. The topological polar surface area (TPSA) is 71.9 Å². The number of carbonyl (C=O) groups is 1. The number of ether oxygens (including phenoxy) is 1. The molecule has 0 aliphatic heterocycles. The lowest BCUT2D eigenvalue weighted by Crippen LogP contribution is -2.13. The molecule has 0 spiro atoms. The molecule has 2 N–H and O–H groups in total. The monoisotopic (exact) mass is 298 g/mol. The Morgan fingerprint density at radius 3 is 3.10 bits per heavy atom. The van der Waals surface area contributed by atoms with Gasteiger partial charge in [0.1, 0.15) is 5.69 Å². The molecule has 21 heavy (non-hydrogen) atoms. The number of esters is 1. The van der Waals surface area contributed by atoms with Crippen molar-refractivity contribution in [3.63, 3.8) is 0 Å². The maximum atomic E-state index is 12.4. The summed E-state index contributed by atoms with van der Waals surface area (Å²) < 4.78 is 31.1. The molecule has 0 atom stereocenters. The average Bonchev–Trinajstić information content (AvgIpc) is 3.04. The molecule has 0 saturated heterocycles. The molecule has 0 unspecified atom stereocenters. The van der Waals surface area contributed by atoms with E-state index < -0.39 is 18.9 Å². The summed E-state index contributed by atoms with van der Waals surface area (Å²) in [6, 6.07) is 1.68. The summed E-state index contributed by atoms with van der Waals surface area (Å²) in [6.07, 6.45) is 2.02. The lowest BCUT2D eigenvalue weighted by molar-refractivity contribution is 0.0521. The molecular weight excluding hydrogens is 282 g/mol. The molecule has 2 aromatic heterocycles. The summed E-state index contributed by atoms with van der Waals surface area (Å²) in [5, 5.41) is 3.01. The van der Waals surface area contributed by atoms with Crippen LogP contribution in [0, 0.1) is 0 Å². The number of alkyl halides is 2. The summed E-state index contributed by atoms with van der Waals surface area (Å²) in [6.45, 7) is 1.86. The molecule has 0 saturated carbocycles. The number of hydrogen-bond donors (Lipinski definition) is 2. The molecule has 8 heteroatoms. The Hall–Kier alpha value is -2.38. The Kier molecular flexibility index (Phi) is 4.91. The third-order valence-electron chi connectivity index (χ3n) is 2.82. The van der Waals surface area contributed by atoms with Gasteiger partial charge in [-0.3, -0.25) is 0 Å². The SMILES string of the molecule is CCOC(=O)c1[nH]ccc1NCc1cncn1CC(F)F. The summed E-state index contributed by atoms with van der Waals surface area (Å²) in [5.74, 6) is -0.467. The van der Waals surface area contributed by atoms with Crippen LogP contribution in [0.2, 0.25) is 0 Å². The Morgan fingerprint density at radius 2 is 2.38 bits per heavy atom. The van der Waals surface area contributed by atoms with Crippen molar-refractivity contribution in [3.05, 3.63) is 36.2 Å². The molecule has 0 fully saturated rings. The Bertz CT molecular complexity index is 595. The fourth-order valence-corrected chi connectivity index (χ4v) is 1.88. The van der Waals surface area contributed by atoms with E-state index in [0.717, 1.165) is 0 Å². The van der Waals surface area contributed by atoms with E-state index in [1.165, 1.54) is 17.1 Å². The van der Waals surface area contributed by atoms with Crippen molar-refractivity contribution >= 4 is 11.7 Å². The molecule has 2 aromatic rings. The van der Waals surface area contributed by atoms with Crippen molar-refractivity contribution in [1.82, 2.24) is 14.5 Å². The minimum atomic E-state index is -2.44. The first kappa shape index (κ1) is 15.0. The highest BCUT2D eigenvalue weighted by Crippen LogP contribution is 2.16. The van der Waals surface area contributed by atoms with Crippen molar-refractivity contribution in [2.24, 2.45) is 0 Å². The van der Waals surface area contributed by atoms with Crippen molar-refractivity contribution in [2.75, 3.05) is 11.9 Å².